The van der Waals surface area contributed by atoms with E-state index in [4.69, 9.17) is 4.42 Å². The number of hydrogen-bond donors (Lipinski definition) is 2. The second-order valence-corrected chi connectivity index (χ2v) is 6.89. The van der Waals surface area contributed by atoms with Gasteiger partial charge in [-0.3, -0.25) is 10.1 Å². The number of aromatic nitrogens is 5. The standard InChI is InChI=1S/C23H15N5O/c1-2-15(12-24-7-1)14-3-4-20-19(10-14)22(28-27-20)21-11-18-17(16-6-9-29-13-16)5-8-25-23(18)26-21/h1-13H,(H,25,26)(H,27,28). The molecule has 0 bridgehead atoms. The molecular formula is C23H15N5O. The summed E-state index contributed by atoms with van der Waals surface area (Å²) in [5.74, 6) is 0. The van der Waals surface area contributed by atoms with Gasteiger partial charge >= 0.3 is 0 Å². The van der Waals surface area contributed by atoms with Crippen molar-refractivity contribution in [2.45, 2.75) is 0 Å². The smallest absolute Gasteiger partial charge is 0.138 e. The summed E-state index contributed by atoms with van der Waals surface area (Å²) in [4.78, 5) is 12.1. The minimum atomic E-state index is 0.818. The number of H-pyrrole nitrogens is 2. The van der Waals surface area contributed by atoms with Crippen LogP contribution in [0.2, 0.25) is 0 Å². The largest absolute Gasteiger partial charge is 0.472 e. The van der Waals surface area contributed by atoms with Crippen LogP contribution in [-0.4, -0.2) is 25.1 Å². The Bertz CT molecular complexity index is 1450. The number of nitrogens with one attached hydrogen (secondary N) is 2. The molecule has 6 aromatic rings. The lowest BCUT2D eigenvalue weighted by Gasteiger charge is -2.01. The van der Waals surface area contributed by atoms with Crippen LogP contribution >= 0.6 is 0 Å². The van der Waals surface area contributed by atoms with Gasteiger partial charge in [0.1, 0.15) is 11.3 Å². The van der Waals surface area contributed by atoms with E-state index < -0.39 is 0 Å². The summed E-state index contributed by atoms with van der Waals surface area (Å²) < 4.78 is 5.26. The summed E-state index contributed by atoms with van der Waals surface area (Å²) in [6.45, 7) is 0. The van der Waals surface area contributed by atoms with Crippen LogP contribution in [0.3, 0.4) is 0 Å². The minimum absolute atomic E-state index is 0.818. The van der Waals surface area contributed by atoms with Crippen LogP contribution in [0, 0.1) is 0 Å². The third-order valence-corrected chi connectivity index (χ3v) is 5.18. The van der Waals surface area contributed by atoms with Crippen molar-refractivity contribution in [3.63, 3.8) is 0 Å². The Labute approximate surface area is 165 Å². The molecule has 2 N–H and O–H groups in total. The fraction of sp³-hybridized carbons (Fsp3) is 0. The van der Waals surface area contributed by atoms with Crippen LogP contribution in [0.1, 0.15) is 0 Å². The fourth-order valence-corrected chi connectivity index (χ4v) is 3.76. The third kappa shape index (κ3) is 2.54. The summed E-state index contributed by atoms with van der Waals surface area (Å²) in [5, 5.41) is 9.78. The fourth-order valence-electron chi connectivity index (χ4n) is 3.76. The highest BCUT2D eigenvalue weighted by Crippen LogP contribution is 2.34. The van der Waals surface area contributed by atoms with E-state index in [-0.39, 0.29) is 0 Å². The SMILES string of the molecule is c1cncc(-c2ccc3[nH]nc(-c4cc5c(-c6ccoc6)ccnc5[nH]4)c3c2)c1. The van der Waals surface area contributed by atoms with Crippen LogP contribution in [0.4, 0.5) is 0 Å². The Balaban J connectivity index is 1.53. The lowest BCUT2D eigenvalue weighted by atomic mass is 10.0. The van der Waals surface area contributed by atoms with Crippen molar-refractivity contribution in [2.24, 2.45) is 0 Å². The number of furan rings is 1. The first-order chi connectivity index (χ1) is 14.4. The first-order valence-corrected chi connectivity index (χ1v) is 9.26. The van der Waals surface area contributed by atoms with Gasteiger partial charge in [0.05, 0.1) is 23.7 Å². The zero-order valence-corrected chi connectivity index (χ0v) is 15.3. The number of pyridine rings is 2. The molecule has 0 unspecified atom stereocenters. The van der Waals surface area contributed by atoms with Crippen molar-refractivity contribution in [1.29, 1.82) is 0 Å². The molecule has 6 rings (SSSR count). The van der Waals surface area contributed by atoms with Gasteiger partial charge in [-0.15, -0.1) is 0 Å². The molecule has 0 amide bonds. The molecule has 6 nitrogen and oxygen atoms in total. The molecule has 0 radical (unpaired) electrons. The minimum Gasteiger partial charge on any atom is -0.472 e. The van der Waals surface area contributed by atoms with Crippen LogP contribution in [0.15, 0.2) is 84.1 Å². The van der Waals surface area contributed by atoms with Crippen molar-refractivity contribution in [3.05, 3.63) is 79.6 Å². The van der Waals surface area contributed by atoms with E-state index in [1.54, 1.807) is 24.9 Å². The molecule has 0 aliphatic rings. The highest BCUT2D eigenvalue weighted by atomic mass is 16.3. The molecule has 29 heavy (non-hydrogen) atoms. The average molecular weight is 377 g/mol. The van der Waals surface area contributed by atoms with E-state index >= 15 is 0 Å². The Morgan fingerprint density at radius 2 is 1.86 bits per heavy atom. The van der Waals surface area contributed by atoms with Gasteiger partial charge in [0.2, 0.25) is 0 Å². The third-order valence-electron chi connectivity index (χ3n) is 5.18. The van der Waals surface area contributed by atoms with Gasteiger partial charge in [-0.05, 0) is 47.5 Å². The summed E-state index contributed by atoms with van der Waals surface area (Å²) >= 11 is 0. The number of hydrogen-bond acceptors (Lipinski definition) is 4. The van der Waals surface area contributed by atoms with E-state index in [0.717, 1.165) is 55.6 Å². The lowest BCUT2D eigenvalue weighted by molar-refractivity contribution is 0.568. The first-order valence-electron chi connectivity index (χ1n) is 9.26. The molecule has 5 heterocycles. The maximum absolute atomic E-state index is 5.26. The summed E-state index contributed by atoms with van der Waals surface area (Å²) in [5.41, 5.74) is 7.84. The number of fused-ring (bicyclic) bond motifs is 2. The number of rotatable bonds is 3. The van der Waals surface area contributed by atoms with Crippen LogP contribution < -0.4 is 0 Å². The maximum Gasteiger partial charge on any atom is 0.138 e. The zero-order valence-electron chi connectivity index (χ0n) is 15.3. The molecule has 5 aromatic heterocycles. The Morgan fingerprint density at radius 1 is 0.862 bits per heavy atom. The summed E-state index contributed by atoms with van der Waals surface area (Å²) in [6, 6.07) is 16.3. The first kappa shape index (κ1) is 15.8. The predicted octanol–water partition coefficient (Wildman–Crippen LogP) is 5.43. The molecule has 6 heteroatoms. The van der Waals surface area contributed by atoms with Gasteiger partial charge in [-0.2, -0.15) is 5.10 Å². The molecule has 138 valence electrons. The molecular weight excluding hydrogens is 362 g/mol. The molecule has 0 saturated heterocycles. The molecule has 1 aromatic carbocycles. The summed E-state index contributed by atoms with van der Waals surface area (Å²) in [6.07, 6.45) is 8.86. The number of nitrogens with zero attached hydrogens (tertiary/aromatic N) is 3. The van der Waals surface area contributed by atoms with E-state index in [1.807, 2.05) is 30.5 Å². The monoisotopic (exact) mass is 377 g/mol. The topological polar surface area (TPSA) is 83.4 Å². The van der Waals surface area contributed by atoms with Crippen molar-refractivity contribution < 1.29 is 4.42 Å². The van der Waals surface area contributed by atoms with Gasteiger partial charge < -0.3 is 9.40 Å². The maximum atomic E-state index is 5.26. The Morgan fingerprint density at radius 3 is 2.72 bits per heavy atom. The predicted molar refractivity (Wildman–Crippen MR) is 112 cm³/mol. The van der Waals surface area contributed by atoms with E-state index in [0.29, 0.717) is 0 Å². The van der Waals surface area contributed by atoms with Crippen molar-refractivity contribution in [1.82, 2.24) is 25.1 Å². The van der Waals surface area contributed by atoms with Gasteiger partial charge in [0.25, 0.3) is 0 Å². The number of aromatic amines is 2. The highest BCUT2D eigenvalue weighted by Gasteiger charge is 2.15. The van der Waals surface area contributed by atoms with E-state index in [1.165, 1.54) is 0 Å². The molecule has 0 aliphatic heterocycles. The second kappa shape index (κ2) is 6.17. The van der Waals surface area contributed by atoms with Crippen molar-refractivity contribution >= 4 is 21.9 Å². The van der Waals surface area contributed by atoms with Gasteiger partial charge in [0.15, 0.2) is 0 Å². The van der Waals surface area contributed by atoms with E-state index in [2.05, 4.69) is 49.4 Å². The molecule has 0 spiro atoms. The van der Waals surface area contributed by atoms with Crippen LogP contribution in [0.5, 0.6) is 0 Å². The number of benzene rings is 1. The quantitative estimate of drug-likeness (QED) is 0.431. The van der Waals surface area contributed by atoms with E-state index in [9.17, 15) is 0 Å². The second-order valence-electron chi connectivity index (χ2n) is 6.89. The van der Waals surface area contributed by atoms with Crippen LogP contribution in [0.25, 0.3) is 55.6 Å². The lowest BCUT2D eigenvalue weighted by Crippen LogP contribution is -1.81. The Kier molecular flexibility index (Phi) is 3.37. The molecule has 0 atom stereocenters. The van der Waals surface area contributed by atoms with Crippen LogP contribution in [-0.2, 0) is 0 Å². The Hall–Kier alpha value is -4.19. The van der Waals surface area contributed by atoms with Crippen molar-refractivity contribution in [3.8, 4) is 33.6 Å². The summed E-state index contributed by atoms with van der Waals surface area (Å²) in [7, 11) is 0. The zero-order chi connectivity index (χ0) is 19.2. The highest BCUT2D eigenvalue weighted by molar-refractivity contribution is 6.00. The van der Waals surface area contributed by atoms with Gasteiger partial charge in [-0.25, -0.2) is 4.98 Å². The normalized spacial score (nSPS) is 11.4. The van der Waals surface area contributed by atoms with Crippen molar-refractivity contribution in [2.75, 3.05) is 0 Å². The molecule has 0 saturated carbocycles. The molecule has 0 fully saturated rings. The van der Waals surface area contributed by atoms with Gasteiger partial charge in [-0.1, -0.05) is 12.1 Å². The average Bonchev–Trinajstić information content (AvgIpc) is 3.52. The van der Waals surface area contributed by atoms with Gasteiger partial charge in [0, 0.05) is 40.5 Å². The molecule has 0 aliphatic carbocycles.